The second-order valence-electron chi connectivity index (χ2n) is 7.28. The Bertz CT molecular complexity index is 789. The molecule has 7 nitrogen and oxygen atoms in total. The van der Waals surface area contributed by atoms with Gasteiger partial charge in [-0.1, -0.05) is 6.92 Å². The molecule has 4 heterocycles. The topological polar surface area (TPSA) is 83.5 Å². The fourth-order valence-corrected chi connectivity index (χ4v) is 6.20. The lowest BCUT2D eigenvalue weighted by molar-refractivity contribution is -0.130. The zero-order valence-corrected chi connectivity index (χ0v) is 15.3. The van der Waals surface area contributed by atoms with E-state index in [-0.39, 0.29) is 17.6 Å². The van der Waals surface area contributed by atoms with Gasteiger partial charge in [0, 0.05) is 50.3 Å². The van der Waals surface area contributed by atoms with Gasteiger partial charge in [-0.15, -0.1) is 0 Å². The van der Waals surface area contributed by atoms with Crippen molar-refractivity contribution >= 4 is 21.7 Å². The summed E-state index contributed by atoms with van der Waals surface area (Å²) in [5.41, 5.74) is 1.54. The van der Waals surface area contributed by atoms with E-state index >= 15 is 0 Å². The van der Waals surface area contributed by atoms with E-state index in [0.29, 0.717) is 31.0 Å². The Morgan fingerprint density at radius 2 is 2.04 bits per heavy atom. The fraction of sp³-hybridized carbons (Fsp3) is 0.706. The van der Waals surface area contributed by atoms with Crippen LogP contribution in [0.4, 0.5) is 5.95 Å². The number of aromatic nitrogens is 2. The first-order chi connectivity index (χ1) is 12.0. The maximum absolute atomic E-state index is 12.7. The third-order valence-corrected chi connectivity index (χ3v) is 7.64. The largest absolute Gasteiger partial charge is 0.341 e. The smallest absolute Gasteiger partial charge is 0.225 e. The minimum absolute atomic E-state index is 0.0143. The van der Waals surface area contributed by atoms with Crippen molar-refractivity contribution in [3.05, 3.63) is 17.5 Å². The van der Waals surface area contributed by atoms with Gasteiger partial charge in [0.15, 0.2) is 9.84 Å². The van der Waals surface area contributed by atoms with Crippen molar-refractivity contribution in [2.45, 2.75) is 49.5 Å². The van der Waals surface area contributed by atoms with Gasteiger partial charge in [0.2, 0.25) is 11.9 Å². The van der Waals surface area contributed by atoms with E-state index in [1.165, 1.54) is 0 Å². The van der Waals surface area contributed by atoms with Crippen LogP contribution in [0.3, 0.4) is 0 Å². The normalized spacial score (nSPS) is 27.2. The SMILES string of the molecule is CCCC(=O)N1C[C@@H]2c3nc(N4CCCC4)ncc3CS(=O)(=O)[C@@H]2C1. The highest BCUT2D eigenvalue weighted by molar-refractivity contribution is 7.91. The lowest BCUT2D eigenvalue weighted by Crippen LogP contribution is -2.36. The number of hydrogen-bond donors (Lipinski definition) is 0. The van der Waals surface area contributed by atoms with Crippen molar-refractivity contribution in [2.24, 2.45) is 0 Å². The molecule has 0 saturated carbocycles. The summed E-state index contributed by atoms with van der Waals surface area (Å²) in [5, 5.41) is -0.526. The van der Waals surface area contributed by atoms with Gasteiger partial charge in [0.05, 0.1) is 16.7 Å². The van der Waals surface area contributed by atoms with Crippen LogP contribution in [0.1, 0.15) is 49.8 Å². The van der Waals surface area contributed by atoms with Gasteiger partial charge in [-0.3, -0.25) is 4.79 Å². The van der Waals surface area contributed by atoms with Crippen molar-refractivity contribution in [1.82, 2.24) is 14.9 Å². The molecular formula is C17H24N4O3S. The quantitative estimate of drug-likeness (QED) is 0.799. The van der Waals surface area contributed by atoms with Crippen molar-refractivity contribution < 1.29 is 13.2 Å². The summed E-state index contributed by atoms with van der Waals surface area (Å²) in [6, 6.07) is 0. The molecule has 0 radical (unpaired) electrons. The van der Waals surface area contributed by atoms with Crippen LogP contribution >= 0.6 is 0 Å². The maximum atomic E-state index is 12.7. The molecule has 0 aromatic carbocycles. The lowest BCUT2D eigenvalue weighted by Gasteiger charge is -2.27. The van der Waals surface area contributed by atoms with Crippen molar-refractivity contribution in [2.75, 3.05) is 31.1 Å². The van der Waals surface area contributed by atoms with Crippen LogP contribution in [0.25, 0.3) is 0 Å². The van der Waals surface area contributed by atoms with Gasteiger partial charge < -0.3 is 9.80 Å². The van der Waals surface area contributed by atoms with Crippen LogP contribution in [0, 0.1) is 0 Å². The number of fused-ring (bicyclic) bond motifs is 3. The second-order valence-corrected chi connectivity index (χ2v) is 9.50. The van der Waals surface area contributed by atoms with Crippen molar-refractivity contribution in [3.63, 3.8) is 0 Å². The Hall–Kier alpha value is -1.70. The van der Waals surface area contributed by atoms with E-state index < -0.39 is 15.1 Å². The third kappa shape index (κ3) is 2.90. The molecule has 2 saturated heterocycles. The molecule has 3 aliphatic heterocycles. The summed E-state index contributed by atoms with van der Waals surface area (Å²) < 4.78 is 25.4. The predicted molar refractivity (Wildman–Crippen MR) is 94.1 cm³/mol. The van der Waals surface area contributed by atoms with Crippen LogP contribution in [0.2, 0.25) is 0 Å². The number of hydrogen-bond acceptors (Lipinski definition) is 6. The molecule has 0 bridgehead atoms. The number of nitrogens with zero attached hydrogens (tertiary/aromatic N) is 4. The lowest BCUT2D eigenvalue weighted by atomic mass is 10.00. The van der Waals surface area contributed by atoms with Crippen molar-refractivity contribution in [3.8, 4) is 0 Å². The highest BCUT2D eigenvalue weighted by atomic mass is 32.2. The zero-order chi connectivity index (χ0) is 17.6. The number of likely N-dealkylation sites (tertiary alicyclic amines) is 1. The number of rotatable bonds is 3. The number of carbonyl (C=O) groups excluding carboxylic acids is 1. The highest BCUT2D eigenvalue weighted by Gasteiger charge is 2.48. The first kappa shape index (κ1) is 16.8. The van der Waals surface area contributed by atoms with Gasteiger partial charge in [-0.05, 0) is 19.3 Å². The van der Waals surface area contributed by atoms with E-state index in [4.69, 9.17) is 4.98 Å². The Morgan fingerprint density at radius 1 is 1.28 bits per heavy atom. The molecule has 0 N–H and O–H groups in total. The van der Waals surface area contributed by atoms with Gasteiger partial charge in [0.1, 0.15) is 0 Å². The molecule has 1 aromatic rings. The first-order valence-corrected chi connectivity index (χ1v) is 10.8. The number of carbonyl (C=O) groups is 1. The van der Waals surface area contributed by atoms with E-state index in [0.717, 1.165) is 38.0 Å². The number of amides is 1. The van der Waals surface area contributed by atoms with Crippen molar-refractivity contribution in [1.29, 1.82) is 0 Å². The molecule has 4 rings (SSSR count). The van der Waals surface area contributed by atoms with Crippen LogP contribution in [0.15, 0.2) is 6.20 Å². The molecule has 2 fully saturated rings. The van der Waals surface area contributed by atoms with E-state index in [2.05, 4.69) is 9.88 Å². The second kappa shape index (κ2) is 6.23. The minimum Gasteiger partial charge on any atom is -0.341 e. The molecular weight excluding hydrogens is 340 g/mol. The minimum atomic E-state index is -3.27. The zero-order valence-electron chi connectivity index (χ0n) is 14.5. The van der Waals surface area contributed by atoms with Crippen LogP contribution in [-0.4, -0.2) is 60.6 Å². The van der Waals surface area contributed by atoms with Gasteiger partial charge in [-0.2, -0.15) is 0 Å². The Balaban J connectivity index is 1.68. The first-order valence-electron chi connectivity index (χ1n) is 9.09. The van der Waals surface area contributed by atoms with Gasteiger partial charge >= 0.3 is 0 Å². The van der Waals surface area contributed by atoms with Gasteiger partial charge in [0.25, 0.3) is 0 Å². The van der Waals surface area contributed by atoms with Crippen LogP contribution in [0.5, 0.6) is 0 Å². The number of anilines is 1. The Kier molecular flexibility index (Phi) is 4.17. The average Bonchev–Trinajstić information content (AvgIpc) is 3.25. The Morgan fingerprint density at radius 3 is 2.76 bits per heavy atom. The van der Waals surface area contributed by atoms with E-state index in [1.807, 2.05) is 6.92 Å². The molecule has 1 amide bonds. The summed E-state index contributed by atoms with van der Waals surface area (Å²) in [6.07, 6.45) is 5.20. The molecule has 0 aliphatic carbocycles. The van der Waals surface area contributed by atoms with Crippen LogP contribution in [-0.2, 0) is 20.4 Å². The monoisotopic (exact) mass is 364 g/mol. The summed E-state index contributed by atoms with van der Waals surface area (Å²) in [4.78, 5) is 25.3. The summed E-state index contributed by atoms with van der Waals surface area (Å²) >= 11 is 0. The predicted octanol–water partition coefficient (Wildman–Crippen LogP) is 1.10. The molecule has 25 heavy (non-hydrogen) atoms. The molecule has 2 atom stereocenters. The number of sulfone groups is 1. The molecule has 3 aliphatic rings. The molecule has 0 spiro atoms. The molecule has 1 aromatic heterocycles. The van der Waals surface area contributed by atoms with E-state index in [9.17, 15) is 13.2 Å². The van der Waals surface area contributed by atoms with E-state index in [1.54, 1.807) is 11.1 Å². The molecule has 8 heteroatoms. The molecule has 0 unspecified atom stereocenters. The Labute approximate surface area is 148 Å². The molecule has 136 valence electrons. The summed E-state index contributed by atoms with van der Waals surface area (Å²) in [6.45, 7) is 4.61. The highest BCUT2D eigenvalue weighted by Crippen LogP contribution is 2.39. The standard InChI is InChI=1S/C17H24N4O3S/c1-2-5-15(22)21-9-13-14(10-21)25(23,24)11-12-8-18-17(19-16(12)13)20-6-3-4-7-20/h8,13-14H,2-7,9-11H2,1H3/t13-,14+/m0/s1. The summed E-state index contributed by atoms with van der Waals surface area (Å²) in [7, 11) is -3.27. The maximum Gasteiger partial charge on any atom is 0.225 e. The average molecular weight is 364 g/mol. The summed E-state index contributed by atoms with van der Waals surface area (Å²) in [5.74, 6) is 0.508. The van der Waals surface area contributed by atoms with Gasteiger partial charge in [-0.25, -0.2) is 18.4 Å². The van der Waals surface area contributed by atoms with Crippen LogP contribution < -0.4 is 4.90 Å². The fourth-order valence-electron chi connectivity index (χ4n) is 4.21. The third-order valence-electron chi connectivity index (χ3n) is 5.53.